The van der Waals surface area contributed by atoms with Crippen LogP contribution < -0.4 is 5.43 Å². The third-order valence-corrected chi connectivity index (χ3v) is 2.63. The van der Waals surface area contributed by atoms with Gasteiger partial charge in [-0.25, -0.2) is 9.48 Å². The standard InChI is InChI=1S/C11H6ClN3O5/c12-6-1-2-7(15(19)20)8(5-6)14-4-3-9(16)10(13-14)11(17)18/h1-5H,(H,17,18). The topological polar surface area (TPSA) is 115 Å². The van der Waals surface area contributed by atoms with Crippen LogP contribution in [-0.2, 0) is 0 Å². The molecule has 1 heterocycles. The van der Waals surface area contributed by atoms with Gasteiger partial charge in [0.25, 0.3) is 5.69 Å². The molecule has 0 aliphatic rings. The van der Waals surface area contributed by atoms with Gasteiger partial charge in [0, 0.05) is 23.4 Å². The first-order chi connectivity index (χ1) is 9.40. The summed E-state index contributed by atoms with van der Waals surface area (Å²) < 4.78 is 0.925. The Labute approximate surface area is 116 Å². The smallest absolute Gasteiger partial charge is 0.360 e. The first-order valence-corrected chi connectivity index (χ1v) is 5.55. The van der Waals surface area contributed by atoms with Gasteiger partial charge in [-0.2, -0.15) is 5.10 Å². The molecule has 2 aromatic rings. The highest BCUT2D eigenvalue weighted by atomic mass is 35.5. The van der Waals surface area contributed by atoms with Gasteiger partial charge < -0.3 is 5.11 Å². The van der Waals surface area contributed by atoms with E-state index in [1.165, 1.54) is 12.1 Å². The van der Waals surface area contributed by atoms with E-state index in [0.29, 0.717) is 0 Å². The Balaban J connectivity index is 2.71. The molecule has 0 unspecified atom stereocenters. The molecule has 102 valence electrons. The van der Waals surface area contributed by atoms with Gasteiger partial charge in [0.15, 0.2) is 0 Å². The van der Waals surface area contributed by atoms with Crippen LogP contribution in [0, 0.1) is 10.1 Å². The minimum Gasteiger partial charge on any atom is -0.476 e. The first kappa shape index (κ1) is 13.7. The van der Waals surface area contributed by atoms with Gasteiger partial charge in [0.1, 0.15) is 5.69 Å². The predicted octanol–water partition coefficient (Wildman–Crippen LogP) is 1.49. The summed E-state index contributed by atoms with van der Waals surface area (Å²) in [6, 6.07) is 4.70. The predicted molar refractivity (Wildman–Crippen MR) is 68.5 cm³/mol. The largest absolute Gasteiger partial charge is 0.476 e. The second kappa shape index (κ2) is 5.10. The van der Waals surface area contributed by atoms with E-state index in [1.807, 2.05) is 0 Å². The van der Waals surface area contributed by atoms with Crippen LogP contribution in [0.15, 0.2) is 35.3 Å². The van der Waals surface area contributed by atoms with E-state index >= 15 is 0 Å². The number of aromatic carboxylic acids is 1. The number of halogens is 1. The number of nitro benzene ring substituents is 1. The van der Waals surface area contributed by atoms with Crippen molar-refractivity contribution in [2.75, 3.05) is 0 Å². The van der Waals surface area contributed by atoms with Crippen molar-refractivity contribution in [1.82, 2.24) is 9.78 Å². The molecule has 20 heavy (non-hydrogen) atoms. The Hall–Kier alpha value is -2.74. The Morgan fingerprint density at radius 2 is 2.10 bits per heavy atom. The number of benzene rings is 1. The summed E-state index contributed by atoms with van der Waals surface area (Å²) in [5, 5.41) is 23.5. The maximum atomic E-state index is 11.3. The SMILES string of the molecule is O=C(O)c1nn(-c2cc(Cl)ccc2[N+](=O)[O-])ccc1=O. The van der Waals surface area contributed by atoms with Crippen molar-refractivity contribution in [3.05, 3.63) is 61.5 Å². The fraction of sp³-hybridized carbons (Fsp3) is 0. The fourth-order valence-corrected chi connectivity index (χ4v) is 1.69. The molecule has 1 N–H and O–H groups in total. The Bertz CT molecular complexity index is 771. The molecule has 2 rings (SSSR count). The highest BCUT2D eigenvalue weighted by molar-refractivity contribution is 6.30. The van der Waals surface area contributed by atoms with Crippen LogP contribution in [0.25, 0.3) is 5.69 Å². The molecule has 0 fully saturated rings. The second-order valence-electron chi connectivity index (χ2n) is 3.67. The number of nitro groups is 1. The highest BCUT2D eigenvalue weighted by Crippen LogP contribution is 2.25. The van der Waals surface area contributed by atoms with Crippen LogP contribution >= 0.6 is 11.6 Å². The maximum Gasteiger partial charge on any atom is 0.360 e. The number of rotatable bonds is 3. The number of hydrogen-bond donors (Lipinski definition) is 1. The van der Waals surface area contributed by atoms with E-state index in [1.54, 1.807) is 0 Å². The number of carbonyl (C=O) groups is 1. The zero-order valence-electron chi connectivity index (χ0n) is 9.69. The van der Waals surface area contributed by atoms with E-state index in [-0.39, 0.29) is 16.4 Å². The summed E-state index contributed by atoms with van der Waals surface area (Å²) in [6.07, 6.45) is 1.13. The van der Waals surface area contributed by atoms with Crippen molar-refractivity contribution >= 4 is 23.3 Å². The first-order valence-electron chi connectivity index (χ1n) is 5.18. The lowest BCUT2D eigenvalue weighted by Gasteiger charge is -2.06. The summed E-state index contributed by atoms with van der Waals surface area (Å²) in [7, 11) is 0. The van der Waals surface area contributed by atoms with Crippen molar-refractivity contribution < 1.29 is 14.8 Å². The number of nitrogens with zero attached hydrogens (tertiary/aromatic N) is 3. The van der Waals surface area contributed by atoms with Gasteiger partial charge in [0.05, 0.1) is 4.92 Å². The molecule has 0 spiro atoms. The minimum absolute atomic E-state index is 0.0370. The molecule has 0 saturated carbocycles. The lowest BCUT2D eigenvalue weighted by Crippen LogP contribution is -2.20. The molecule has 0 saturated heterocycles. The molecule has 8 nitrogen and oxygen atoms in total. The maximum absolute atomic E-state index is 11.3. The normalized spacial score (nSPS) is 10.2. The molecule has 0 atom stereocenters. The van der Waals surface area contributed by atoms with Gasteiger partial charge in [0.2, 0.25) is 11.1 Å². The number of carboxylic acid groups (broad SMARTS) is 1. The monoisotopic (exact) mass is 295 g/mol. The van der Waals surface area contributed by atoms with E-state index in [4.69, 9.17) is 16.7 Å². The second-order valence-corrected chi connectivity index (χ2v) is 4.10. The van der Waals surface area contributed by atoms with Crippen LogP contribution in [-0.4, -0.2) is 25.8 Å². The lowest BCUT2D eigenvalue weighted by molar-refractivity contribution is -0.384. The molecule has 0 aliphatic carbocycles. The lowest BCUT2D eigenvalue weighted by atomic mass is 10.2. The van der Waals surface area contributed by atoms with Gasteiger partial charge in [-0.3, -0.25) is 14.9 Å². The Morgan fingerprint density at radius 3 is 2.70 bits per heavy atom. The van der Waals surface area contributed by atoms with Gasteiger partial charge in [-0.05, 0) is 12.1 Å². The van der Waals surface area contributed by atoms with Gasteiger partial charge in [-0.15, -0.1) is 0 Å². The van der Waals surface area contributed by atoms with Crippen LogP contribution in [0.2, 0.25) is 5.02 Å². The van der Waals surface area contributed by atoms with E-state index in [2.05, 4.69) is 5.10 Å². The summed E-state index contributed by atoms with van der Waals surface area (Å²) in [4.78, 5) is 32.4. The summed E-state index contributed by atoms with van der Waals surface area (Å²) in [6.45, 7) is 0. The molecule has 1 aromatic carbocycles. The van der Waals surface area contributed by atoms with E-state index < -0.39 is 22.0 Å². The zero-order valence-corrected chi connectivity index (χ0v) is 10.4. The summed E-state index contributed by atoms with van der Waals surface area (Å²) >= 11 is 5.76. The quantitative estimate of drug-likeness (QED) is 0.677. The zero-order chi connectivity index (χ0) is 14.9. The molecule has 9 heteroatoms. The summed E-state index contributed by atoms with van der Waals surface area (Å²) in [5.74, 6) is -1.52. The third-order valence-electron chi connectivity index (χ3n) is 2.39. The fourth-order valence-electron chi connectivity index (χ4n) is 1.52. The average Bonchev–Trinajstić information content (AvgIpc) is 2.38. The van der Waals surface area contributed by atoms with E-state index in [0.717, 1.165) is 23.0 Å². The van der Waals surface area contributed by atoms with Crippen molar-refractivity contribution in [3.63, 3.8) is 0 Å². The van der Waals surface area contributed by atoms with Crippen LogP contribution in [0.4, 0.5) is 5.69 Å². The van der Waals surface area contributed by atoms with Crippen LogP contribution in [0.1, 0.15) is 10.5 Å². The minimum atomic E-state index is -1.52. The Morgan fingerprint density at radius 1 is 1.40 bits per heavy atom. The van der Waals surface area contributed by atoms with Gasteiger partial charge in [-0.1, -0.05) is 11.6 Å². The summed E-state index contributed by atoms with van der Waals surface area (Å²) in [5.41, 5.74) is -1.88. The van der Waals surface area contributed by atoms with Crippen molar-refractivity contribution in [2.45, 2.75) is 0 Å². The van der Waals surface area contributed by atoms with Crippen LogP contribution in [0.3, 0.4) is 0 Å². The van der Waals surface area contributed by atoms with Crippen molar-refractivity contribution in [2.24, 2.45) is 0 Å². The van der Waals surface area contributed by atoms with Crippen molar-refractivity contribution in [3.8, 4) is 5.69 Å². The number of carboxylic acids is 1. The van der Waals surface area contributed by atoms with Gasteiger partial charge >= 0.3 is 5.97 Å². The molecule has 0 radical (unpaired) electrons. The molecule has 0 aliphatic heterocycles. The Kier molecular flexibility index (Phi) is 3.49. The third kappa shape index (κ3) is 2.50. The molecule has 1 aromatic heterocycles. The van der Waals surface area contributed by atoms with E-state index in [9.17, 15) is 19.7 Å². The molecular formula is C11H6ClN3O5. The highest BCUT2D eigenvalue weighted by Gasteiger charge is 2.18. The number of hydrogen-bond acceptors (Lipinski definition) is 5. The number of aromatic nitrogens is 2. The molecule has 0 bridgehead atoms. The van der Waals surface area contributed by atoms with Crippen LogP contribution in [0.5, 0.6) is 0 Å². The molecule has 0 amide bonds. The average molecular weight is 296 g/mol. The van der Waals surface area contributed by atoms with Crippen molar-refractivity contribution in [1.29, 1.82) is 0 Å². The molecular weight excluding hydrogens is 290 g/mol.